The van der Waals surface area contributed by atoms with Gasteiger partial charge in [0.2, 0.25) is 5.88 Å². The highest BCUT2D eigenvalue weighted by Gasteiger charge is 2.09. The molecule has 17 heavy (non-hydrogen) atoms. The van der Waals surface area contributed by atoms with E-state index >= 15 is 0 Å². The van der Waals surface area contributed by atoms with Crippen LogP contribution in [0.3, 0.4) is 0 Å². The summed E-state index contributed by atoms with van der Waals surface area (Å²) in [7, 11) is 0. The number of nitrogens with zero attached hydrogens (tertiary/aromatic N) is 2. The summed E-state index contributed by atoms with van der Waals surface area (Å²) in [6, 6.07) is 5.44. The van der Waals surface area contributed by atoms with Gasteiger partial charge in [0.25, 0.3) is 0 Å². The number of pyridine rings is 2. The SMILES string of the molecule is C[C@@H](N)c1cccnc1Oc1cncc(Br)c1. The van der Waals surface area contributed by atoms with Gasteiger partial charge in [-0.15, -0.1) is 0 Å². The van der Waals surface area contributed by atoms with Crippen LogP contribution >= 0.6 is 15.9 Å². The quantitative estimate of drug-likeness (QED) is 0.945. The molecule has 88 valence electrons. The van der Waals surface area contributed by atoms with Crippen LogP contribution in [0.2, 0.25) is 0 Å². The highest BCUT2D eigenvalue weighted by molar-refractivity contribution is 9.10. The third-order valence-corrected chi connectivity index (χ3v) is 2.62. The van der Waals surface area contributed by atoms with Gasteiger partial charge in [0.1, 0.15) is 5.75 Å². The number of ether oxygens (including phenoxy) is 1. The topological polar surface area (TPSA) is 61.0 Å². The van der Waals surface area contributed by atoms with E-state index in [1.165, 1.54) is 0 Å². The Bertz CT molecular complexity index is 517. The number of halogens is 1. The van der Waals surface area contributed by atoms with Gasteiger partial charge >= 0.3 is 0 Å². The Hall–Kier alpha value is -1.46. The molecule has 5 heteroatoms. The van der Waals surface area contributed by atoms with E-state index in [1.54, 1.807) is 18.6 Å². The van der Waals surface area contributed by atoms with E-state index in [9.17, 15) is 0 Å². The maximum absolute atomic E-state index is 5.85. The van der Waals surface area contributed by atoms with E-state index in [0.29, 0.717) is 11.6 Å². The molecule has 2 aromatic rings. The summed E-state index contributed by atoms with van der Waals surface area (Å²) in [6.07, 6.45) is 4.99. The van der Waals surface area contributed by atoms with Crippen molar-refractivity contribution in [3.05, 3.63) is 46.8 Å². The number of rotatable bonds is 3. The molecule has 2 N–H and O–H groups in total. The van der Waals surface area contributed by atoms with Gasteiger partial charge < -0.3 is 10.5 Å². The fourth-order valence-electron chi connectivity index (χ4n) is 1.39. The first-order valence-electron chi connectivity index (χ1n) is 5.15. The van der Waals surface area contributed by atoms with Crippen LogP contribution in [-0.4, -0.2) is 9.97 Å². The van der Waals surface area contributed by atoms with Crippen molar-refractivity contribution in [3.63, 3.8) is 0 Å². The first-order chi connectivity index (χ1) is 8.16. The van der Waals surface area contributed by atoms with Crippen LogP contribution in [0.1, 0.15) is 18.5 Å². The zero-order valence-corrected chi connectivity index (χ0v) is 10.9. The molecule has 0 radical (unpaired) electrons. The van der Waals surface area contributed by atoms with Crippen molar-refractivity contribution < 1.29 is 4.74 Å². The second-order valence-corrected chi connectivity index (χ2v) is 4.54. The maximum atomic E-state index is 5.85. The molecule has 1 atom stereocenters. The molecule has 2 heterocycles. The second kappa shape index (κ2) is 5.25. The van der Waals surface area contributed by atoms with Gasteiger partial charge in [-0.2, -0.15) is 0 Å². The molecule has 0 aliphatic rings. The van der Waals surface area contributed by atoms with Gasteiger partial charge in [0, 0.05) is 28.5 Å². The van der Waals surface area contributed by atoms with Gasteiger partial charge in [0.05, 0.1) is 6.20 Å². The van der Waals surface area contributed by atoms with Crippen molar-refractivity contribution in [2.45, 2.75) is 13.0 Å². The van der Waals surface area contributed by atoms with E-state index in [-0.39, 0.29) is 6.04 Å². The zero-order valence-electron chi connectivity index (χ0n) is 9.30. The lowest BCUT2D eigenvalue weighted by Crippen LogP contribution is -2.07. The first-order valence-corrected chi connectivity index (χ1v) is 5.95. The monoisotopic (exact) mass is 293 g/mol. The lowest BCUT2D eigenvalue weighted by atomic mass is 10.1. The number of nitrogens with two attached hydrogens (primary N) is 1. The standard InChI is InChI=1S/C12H12BrN3O/c1-8(14)11-3-2-4-16-12(11)17-10-5-9(13)6-15-7-10/h2-8H,14H2,1H3/t8-/m1/s1. The third kappa shape index (κ3) is 3.01. The van der Waals surface area contributed by atoms with Crippen LogP contribution in [0.15, 0.2) is 41.3 Å². The Morgan fingerprint density at radius 3 is 2.94 bits per heavy atom. The Morgan fingerprint density at radius 2 is 2.24 bits per heavy atom. The molecule has 2 rings (SSSR count). The van der Waals surface area contributed by atoms with E-state index in [2.05, 4.69) is 25.9 Å². The largest absolute Gasteiger partial charge is 0.437 e. The molecule has 2 aromatic heterocycles. The highest BCUT2D eigenvalue weighted by Crippen LogP contribution is 2.26. The molecule has 0 aliphatic carbocycles. The van der Waals surface area contributed by atoms with Gasteiger partial charge in [-0.05, 0) is 35.0 Å². The Balaban J connectivity index is 2.30. The average Bonchev–Trinajstić information content (AvgIpc) is 2.29. The molecule has 0 saturated heterocycles. The molecule has 4 nitrogen and oxygen atoms in total. The summed E-state index contributed by atoms with van der Waals surface area (Å²) in [5.74, 6) is 1.14. The molecule has 0 bridgehead atoms. The summed E-state index contributed by atoms with van der Waals surface area (Å²) < 4.78 is 6.52. The second-order valence-electron chi connectivity index (χ2n) is 3.63. The Labute approximate surface area is 108 Å². The minimum atomic E-state index is -0.126. The molecule has 0 spiro atoms. The van der Waals surface area contributed by atoms with E-state index in [1.807, 2.05) is 25.1 Å². The predicted octanol–water partition coefficient (Wildman–Crippen LogP) is 3.05. The Morgan fingerprint density at radius 1 is 1.41 bits per heavy atom. The lowest BCUT2D eigenvalue weighted by molar-refractivity contribution is 0.449. The van der Waals surface area contributed by atoms with Gasteiger partial charge in [0.15, 0.2) is 0 Å². The van der Waals surface area contributed by atoms with E-state index < -0.39 is 0 Å². The number of aromatic nitrogens is 2. The molecule has 0 aliphatic heterocycles. The van der Waals surface area contributed by atoms with Crippen molar-refractivity contribution in [1.29, 1.82) is 0 Å². The van der Waals surface area contributed by atoms with Crippen molar-refractivity contribution in [2.24, 2.45) is 5.73 Å². The smallest absolute Gasteiger partial charge is 0.224 e. The van der Waals surface area contributed by atoms with Crippen LogP contribution in [0.25, 0.3) is 0 Å². The van der Waals surface area contributed by atoms with E-state index in [4.69, 9.17) is 10.5 Å². The summed E-state index contributed by atoms with van der Waals surface area (Å²) in [4.78, 5) is 8.20. The molecule has 0 aromatic carbocycles. The lowest BCUT2D eigenvalue weighted by Gasteiger charge is -2.11. The fraction of sp³-hybridized carbons (Fsp3) is 0.167. The molecular weight excluding hydrogens is 282 g/mol. The molecule has 0 fully saturated rings. The zero-order chi connectivity index (χ0) is 12.3. The summed E-state index contributed by atoms with van der Waals surface area (Å²) in [6.45, 7) is 1.89. The van der Waals surface area contributed by atoms with Crippen LogP contribution in [0, 0.1) is 0 Å². The van der Waals surface area contributed by atoms with Crippen LogP contribution in [0.4, 0.5) is 0 Å². The fourth-order valence-corrected chi connectivity index (χ4v) is 1.74. The third-order valence-electron chi connectivity index (χ3n) is 2.19. The summed E-state index contributed by atoms with van der Waals surface area (Å²) >= 11 is 3.34. The first kappa shape index (κ1) is 12.0. The van der Waals surface area contributed by atoms with Crippen molar-refractivity contribution in [2.75, 3.05) is 0 Å². The molecule has 0 amide bonds. The van der Waals surface area contributed by atoms with Crippen molar-refractivity contribution in [1.82, 2.24) is 9.97 Å². The van der Waals surface area contributed by atoms with Crippen LogP contribution < -0.4 is 10.5 Å². The molecule has 0 saturated carbocycles. The summed E-state index contributed by atoms with van der Waals surface area (Å²) in [5.41, 5.74) is 6.72. The van der Waals surface area contributed by atoms with Gasteiger partial charge in [-0.1, -0.05) is 6.07 Å². The number of hydrogen-bond acceptors (Lipinski definition) is 4. The predicted molar refractivity (Wildman–Crippen MR) is 68.9 cm³/mol. The normalized spacial score (nSPS) is 12.2. The van der Waals surface area contributed by atoms with Gasteiger partial charge in [-0.3, -0.25) is 4.98 Å². The minimum Gasteiger partial charge on any atom is -0.437 e. The average molecular weight is 294 g/mol. The highest BCUT2D eigenvalue weighted by atomic mass is 79.9. The Kier molecular flexibility index (Phi) is 3.71. The molecule has 0 unspecified atom stereocenters. The summed E-state index contributed by atoms with van der Waals surface area (Å²) in [5, 5.41) is 0. The molecular formula is C12H12BrN3O. The maximum Gasteiger partial charge on any atom is 0.224 e. The minimum absolute atomic E-state index is 0.126. The van der Waals surface area contributed by atoms with Crippen molar-refractivity contribution >= 4 is 15.9 Å². The van der Waals surface area contributed by atoms with Crippen LogP contribution in [-0.2, 0) is 0 Å². The van der Waals surface area contributed by atoms with Crippen molar-refractivity contribution in [3.8, 4) is 11.6 Å². The van der Waals surface area contributed by atoms with Gasteiger partial charge in [-0.25, -0.2) is 4.98 Å². The van der Waals surface area contributed by atoms with Crippen LogP contribution in [0.5, 0.6) is 11.6 Å². The van der Waals surface area contributed by atoms with E-state index in [0.717, 1.165) is 10.0 Å². The number of hydrogen-bond donors (Lipinski definition) is 1.